The molecule has 1 aliphatic rings. The van der Waals surface area contributed by atoms with Gasteiger partial charge in [-0.2, -0.15) is 0 Å². The molecule has 0 saturated carbocycles. The fraction of sp³-hybridized carbons (Fsp3) is 1.00. The van der Waals surface area contributed by atoms with Gasteiger partial charge in [0.15, 0.2) is 6.29 Å². The van der Waals surface area contributed by atoms with E-state index in [1.807, 2.05) is 14.1 Å². The summed E-state index contributed by atoms with van der Waals surface area (Å²) in [5.41, 5.74) is 0.0688. The summed E-state index contributed by atoms with van der Waals surface area (Å²) in [5, 5.41) is 0. The Kier molecular flexibility index (Phi) is 4.52. The number of rotatable bonds is 4. The molecule has 0 aromatic heterocycles. The Morgan fingerprint density at radius 1 is 1.47 bits per heavy atom. The molecule has 90 valence electrons. The predicted octanol–water partition coefficient (Wildman–Crippen LogP) is 0.836. The summed E-state index contributed by atoms with van der Waals surface area (Å²) in [7, 11) is 6.16. The van der Waals surface area contributed by atoms with Gasteiger partial charge in [-0.05, 0) is 21.1 Å². The molecule has 1 aliphatic heterocycles. The van der Waals surface area contributed by atoms with Crippen molar-refractivity contribution in [2.75, 3.05) is 47.6 Å². The Morgan fingerprint density at radius 3 is 2.67 bits per heavy atom. The summed E-state index contributed by atoms with van der Waals surface area (Å²) in [4.78, 5) is 4.29. The van der Waals surface area contributed by atoms with Gasteiger partial charge in [-0.25, -0.2) is 0 Å². The highest BCUT2D eigenvalue weighted by Gasteiger charge is 2.36. The Morgan fingerprint density at radius 2 is 2.13 bits per heavy atom. The molecule has 15 heavy (non-hydrogen) atoms. The summed E-state index contributed by atoms with van der Waals surface area (Å²) in [5.74, 6) is 0. The number of nitrogens with zero attached hydrogens (tertiary/aromatic N) is 2. The van der Waals surface area contributed by atoms with E-state index in [-0.39, 0.29) is 11.7 Å². The van der Waals surface area contributed by atoms with E-state index in [0.29, 0.717) is 6.73 Å². The molecule has 0 N–H and O–H groups in total. The van der Waals surface area contributed by atoms with Crippen molar-refractivity contribution in [3.63, 3.8) is 0 Å². The fourth-order valence-corrected chi connectivity index (χ4v) is 1.85. The second kappa shape index (κ2) is 5.25. The first-order chi connectivity index (χ1) is 6.92. The molecule has 1 atom stereocenters. The zero-order valence-corrected chi connectivity index (χ0v) is 10.6. The van der Waals surface area contributed by atoms with Crippen molar-refractivity contribution in [2.45, 2.75) is 20.1 Å². The minimum Gasteiger partial charge on any atom is -0.351 e. The fourth-order valence-electron chi connectivity index (χ4n) is 1.85. The van der Waals surface area contributed by atoms with Gasteiger partial charge in [0.1, 0.15) is 6.73 Å². The maximum Gasteiger partial charge on any atom is 0.165 e. The molecule has 0 bridgehead atoms. The number of ether oxygens (including phenoxy) is 2. The highest BCUT2D eigenvalue weighted by atomic mass is 16.7. The molecule has 1 rings (SSSR count). The van der Waals surface area contributed by atoms with Crippen LogP contribution >= 0.6 is 0 Å². The third-order valence-corrected chi connectivity index (χ3v) is 2.57. The molecule has 0 radical (unpaired) electrons. The van der Waals surface area contributed by atoms with E-state index >= 15 is 0 Å². The summed E-state index contributed by atoms with van der Waals surface area (Å²) >= 11 is 0. The van der Waals surface area contributed by atoms with Crippen LogP contribution in [0.3, 0.4) is 0 Å². The molecule has 0 aromatic rings. The largest absolute Gasteiger partial charge is 0.351 e. The third-order valence-electron chi connectivity index (χ3n) is 2.57. The topological polar surface area (TPSA) is 24.9 Å². The van der Waals surface area contributed by atoms with E-state index in [0.717, 1.165) is 19.7 Å². The van der Waals surface area contributed by atoms with E-state index in [1.165, 1.54) is 0 Å². The lowest BCUT2D eigenvalue weighted by atomic mass is 9.91. The summed E-state index contributed by atoms with van der Waals surface area (Å²) in [6.45, 7) is 7.71. The Bertz CT molecular complexity index is 195. The van der Waals surface area contributed by atoms with Gasteiger partial charge in [0, 0.05) is 18.5 Å². The maximum atomic E-state index is 5.77. The minimum absolute atomic E-state index is 0.0688. The van der Waals surface area contributed by atoms with E-state index in [9.17, 15) is 0 Å². The van der Waals surface area contributed by atoms with Crippen LogP contribution in [0.4, 0.5) is 0 Å². The second-order valence-electron chi connectivity index (χ2n) is 5.30. The van der Waals surface area contributed by atoms with Crippen molar-refractivity contribution < 1.29 is 9.47 Å². The van der Waals surface area contributed by atoms with Crippen LogP contribution in [0.15, 0.2) is 0 Å². The lowest BCUT2D eigenvalue weighted by Crippen LogP contribution is -2.50. The van der Waals surface area contributed by atoms with E-state index in [4.69, 9.17) is 9.47 Å². The van der Waals surface area contributed by atoms with Crippen molar-refractivity contribution >= 4 is 0 Å². The van der Waals surface area contributed by atoms with Gasteiger partial charge in [-0.1, -0.05) is 13.8 Å². The number of likely N-dealkylation sites (N-methyl/N-ethyl adjacent to an activating group) is 1. The van der Waals surface area contributed by atoms with E-state index in [1.54, 1.807) is 0 Å². The molecule has 0 aromatic carbocycles. The Labute approximate surface area is 93.1 Å². The quantitative estimate of drug-likeness (QED) is 0.695. The smallest absolute Gasteiger partial charge is 0.165 e. The predicted molar refractivity (Wildman–Crippen MR) is 60.7 cm³/mol. The number of hydrogen-bond acceptors (Lipinski definition) is 4. The van der Waals surface area contributed by atoms with Gasteiger partial charge < -0.3 is 14.4 Å². The first-order valence-corrected chi connectivity index (χ1v) is 5.48. The molecule has 0 spiro atoms. The van der Waals surface area contributed by atoms with Crippen LogP contribution in [0.5, 0.6) is 0 Å². The standard InChI is InChI=1S/C11H24N2O2/c1-11(2)8-13(5)9-15-10(11)14-7-6-12(3)4/h10H,6-9H2,1-5H3/t10-/m0/s1. The average Bonchev–Trinajstić information content (AvgIpc) is 2.07. The molecule has 1 saturated heterocycles. The molecule has 0 amide bonds. The van der Waals surface area contributed by atoms with E-state index in [2.05, 4.69) is 30.7 Å². The van der Waals surface area contributed by atoms with Crippen molar-refractivity contribution in [1.29, 1.82) is 0 Å². The Balaban J connectivity index is 2.34. The van der Waals surface area contributed by atoms with Crippen LogP contribution in [-0.2, 0) is 9.47 Å². The van der Waals surface area contributed by atoms with Crippen LogP contribution in [0, 0.1) is 5.41 Å². The maximum absolute atomic E-state index is 5.77. The van der Waals surface area contributed by atoms with Crippen molar-refractivity contribution in [3.8, 4) is 0 Å². The summed E-state index contributed by atoms with van der Waals surface area (Å²) in [6, 6.07) is 0. The van der Waals surface area contributed by atoms with Crippen molar-refractivity contribution in [1.82, 2.24) is 9.80 Å². The highest BCUT2D eigenvalue weighted by Crippen LogP contribution is 2.28. The first kappa shape index (κ1) is 12.9. The van der Waals surface area contributed by atoms with Crippen molar-refractivity contribution in [2.24, 2.45) is 5.41 Å². The van der Waals surface area contributed by atoms with Gasteiger partial charge >= 0.3 is 0 Å². The minimum atomic E-state index is -0.0753. The van der Waals surface area contributed by atoms with Gasteiger partial charge in [0.05, 0.1) is 6.61 Å². The molecule has 4 nitrogen and oxygen atoms in total. The average molecular weight is 216 g/mol. The SMILES string of the molecule is CN(C)CCO[C@H]1OCN(C)CC1(C)C. The molecular formula is C11H24N2O2. The normalized spacial score (nSPS) is 27.2. The van der Waals surface area contributed by atoms with Crippen LogP contribution < -0.4 is 0 Å². The lowest BCUT2D eigenvalue weighted by Gasteiger charge is -2.42. The van der Waals surface area contributed by atoms with Gasteiger partial charge in [0.25, 0.3) is 0 Å². The highest BCUT2D eigenvalue weighted by molar-refractivity contribution is 4.79. The monoisotopic (exact) mass is 216 g/mol. The molecule has 1 heterocycles. The molecular weight excluding hydrogens is 192 g/mol. The first-order valence-electron chi connectivity index (χ1n) is 5.48. The van der Waals surface area contributed by atoms with Crippen LogP contribution in [0.2, 0.25) is 0 Å². The second-order valence-corrected chi connectivity index (χ2v) is 5.30. The van der Waals surface area contributed by atoms with E-state index < -0.39 is 0 Å². The Hall–Kier alpha value is -0.160. The van der Waals surface area contributed by atoms with Crippen LogP contribution in [0.25, 0.3) is 0 Å². The number of hydrogen-bond donors (Lipinski definition) is 0. The third kappa shape index (κ3) is 4.07. The molecule has 1 fully saturated rings. The van der Waals surface area contributed by atoms with Crippen molar-refractivity contribution in [3.05, 3.63) is 0 Å². The molecule has 4 heteroatoms. The molecule has 0 aliphatic carbocycles. The van der Waals surface area contributed by atoms with Crippen LogP contribution in [-0.4, -0.2) is 63.7 Å². The van der Waals surface area contributed by atoms with Gasteiger partial charge in [0.2, 0.25) is 0 Å². The van der Waals surface area contributed by atoms with Gasteiger partial charge in [-0.3, -0.25) is 4.90 Å². The zero-order valence-electron chi connectivity index (χ0n) is 10.6. The summed E-state index contributed by atoms with van der Waals surface area (Å²) in [6.07, 6.45) is -0.0753. The molecule has 0 unspecified atom stereocenters. The summed E-state index contributed by atoms with van der Waals surface area (Å²) < 4.78 is 11.4. The van der Waals surface area contributed by atoms with Crippen LogP contribution in [0.1, 0.15) is 13.8 Å². The van der Waals surface area contributed by atoms with Gasteiger partial charge in [-0.15, -0.1) is 0 Å². The zero-order chi connectivity index (χ0) is 11.5. The lowest BCUT2D eigenvalue weighted by molar-refractivity contribution is -0.250.